The Morgan fingerprint density at radius 1 is 1.06 bits per heavy atom. The Labute approximate surface area is 202 Å². The van der Waals surface area contributed by atoms with Crippen molar-refractivity contribution in [1.82, 2.24) is 29.9 Å². The zero-order valence-electron chi connectivity index (χ0n) is 19.8. The summed E-state index contributed by atoms with van der Waals surface area (Å²) in [6.07, 6.45) is 14.9. The minimum Gasteiger partial charge on any atom is -0.361 e. The van der Waals surface area contributed by atoms with E-state index in [0.717, 1.165) is 55.9 Å². The molecule has 0 spiro atoms. The van der Waals surface area contributed by atoms with Crippen LogP contribution in [0.3, 0.4) is 0 Å². The number of hydrogen-bond acceptors (Lipinski definition) is 6. The predicted molar refractivity (Wildman–Crippen MR) is 132 cm³/mol. The second-order valence-electron chi connectivity index (χ2n) is 10.2. The molecule has 7 heteroatoms. The van der Waals surface area contributed by atoms with E-state index in [1.807, 2.05) is 12.3 Å². The van der Waals surface area contributed by atoms with Crippen molar-refractivity contribution in [2.75, 3.05) is 33.2 Å². The largest absolute Gasteiger partial charge is 0.361 e. The minimum atomic E-state index is 0.0966. The molecule has 33 heavy (non-hydrogen) atoms. The molecular weight excluding hydrogens is 432 g/mol. The van der Waals surface area contributed by atoms with Crippen LogP contribution in [0, 0.1) is 6.92 Å². The van der Waals surface area contributed by atoms with Crippen LogP contribution in [0.1, 0.15) is 49.4 Å². The summed E-state index contributed by atoms with van der Waals surface area (Å²) in [6.45, 7) is 6.63. The molecule has 0 radical (unpaired) electrons. The van der Waals surface area contributed by atoms with Crippen LogP contribution in [0.5, 0.6) is 0 Å². The Morgan fingerprint density at radius 2 is 1.85 bits per heavy atom. The summed E-state index contributed by atoms with van der Waals surface area (Å²) in [5.41, 5.74) is 3.63. The average Bonchev–Trinajstić information content (AvgIpc) is 3.64. The third kappa shape index (κ3) is 3.86. The maximum Gasteiger partial charge on any atom is 0.133 e. The fourth-order valence-corrected chi connectivity index (χ4v) is 6.51. The molecule has 3 fully saturated rings. The monoisotopic (exact) mass is 466 g/mol. The van der Waals surface area contributed by atoms with Gasteiger partial charge in [-0.1, -0.05) is 23.7 Å². The Bertz CT molecular complexity index is 990. The van der Waals surface area contributed by atoms with Gasteiger partial charge in [-0.05, 0) is 69.9 Å². The van der Waals surface area contributed by atoms with Gasteiger partial charge in [0.15, 0.2) is 0 Å². The summed E-state index contributed by atoms with van der Waals surface area (Å²) < 4.78 is 0. The van der Waals surface area contributed by atoms with E-state index in [1.165, 1.54) is 36.3 Å². The van der Waals surface area contributed by atoms with E-state index < -0.39 is 0 Å². The molecule has 176 valence electrons. The Morgan fingerprint density at radius 3 is 2.61 bits per heavy atom. The number of likely N-dealkylation sites (N-methyl/N-ethyl adjacent to an activating group) is 1. The lowest BCUT2D eigenvalue weighted by atomic mass is 9.91. The lowest BCUT2D eigenvalue weighted by Crippen LogP contribution is -2.51. The fourth-order valence-electron chi connectivity index (χ4n) is 6.14. The van der Waals surface area contributed by atoms with Crippen LogP contribution in [0.2, 0.25) is 0 Å². The molecule has 5 heterocycles. The van der Waals surface area contributed by atoms with Gasteiger partial charge in [-0.3, -0.25) is 19.7 Å². The number of aromatic nitrogens is 1. The van der Waals surface area contributed by atoms with Crippen molar-refractivity contribution in [3.8, 4) is 0 Å². The molecule has 3 unspecified atom stereocenters. The number of aryl methyl sites for hydroxylation is 1. The first-order valence-corrected chi connectivity index (χ1v) is 13.0. The number of nitrogens with zero attached hydrogens (tertiary/aromatic N) is 5. The van der Waals surface area contributed by atoms with Gasteiger partial charge in [0, 0.05) is 38.4 Å². The average molecular weight is 467 g/mol. The van der Waals surface area contributed by atoms with Crippen molar-refractivity contribution in [3.63, 3.8) is 0 Å². The molecule has 0 bridgehead atoms. The van der Waals surface area contributed by atoms with Crippen LogP contribution in [-0.2, 0) is 0 Å². The maximum atomic E-state index is 7.17. The van der Waals surface area contributed by atoms with Crippen LogP contribution < -0.4 is 5.32 Å². The Hall–Kier alpha value is -2.02. The molecule has 1 N–H and O–H groups in total. The third-order valence-electron chi connectivity index (χ3n) is 8.14. The van der Waals surface area contributed by atoms with Gasteiger partial charge in [-0.15, -0.1) is 0 Å². The van der Waals surface area contributed by atoms with Crippen LogP contribution in [0.25, 0.3) is 0 Å². The SMILES string of the molecule is Cc1cccnc1C1CCCC(C2=C(Cl)N3C(N4CCN(C5CC5)CC4)=CC=CC3N2)N1C. The lowest BCUT2D eigenvalue weighted by molar-refractivity contribution is 0.121. The first-order chi connectivity index (χ1) is 16.1. The molecule has 0 aromatic carbocycles. The number of rotatable bonds is 4. The predicted octanol–water partition coefficient (Wildman–Crippen LogP) is 3.75. The van der Waals surface area contributed by atoms with Crippen molar-refractivity contribution in [2.45, 2.75) is 63.3 Å². The summed E-state index contributed by atoms with van der Waals surface area (Å²) in [5.74, 6) is 1.24. The van der Waals surface area contributed by atoms with Crippen LogP contribution in [0.4, 0.5) is 0 Å². The van der Waals surface area contributed by atoms with Crippen molar-refractivity contribution < 1.29 is 0 Å². The number of halogens is 1. The van der Waals surface area contributed by atoms with Gasteiger partial charge in [-0.25, -0.2) is 0 Å². The van der Waals surface area contributed by atoms with E-state index in [0.29, 0.717) is 6.04 Å². The smallest absolute Gasteiger partial charge is 0.133 e. The quantitative estimate of drug-likeness (QED) is 0.681. The van der Waals surface area contributed by atoms with Crippen LogP contribution in [-0.4, -0.2) is 76.1 Å². The summed E-state index contributed by atoms with van der Waals surface area (Å²) in [5, 5.41) is 4.64. The fraction of sp³-hybridized carbons (Fsp3) is 0.577. The highest BCUT2D eigenvalue weighted by molar-refractivity contribution is 6.30. The van der Waals surface area contributed by atoms with Crippen molar-refractivity contribution >= 4 is 11.6 Å². The van der Waals surface area contributed by atoms with Gasteiger partial charge in [0.05, 0.1) is 23.5 Å². The first-order valence-electron chi connectivity index (χ1n) is 12.6. The van der Waals surface area contributed by atoms with Gasteiger partial charge < -0.3 is 10.2 Å². The van der Waals surface area contributed by atoms with E-state index in [9.17, 15) is 0 Å². The number of allylic oxidation sites excluding steroid dienone is 2. The molecule has 1 aromatic rings. The summed E-state index contributed by atoms with van der Waals surface area (Å²) in [4.78, 5) is 14.7. The number of hydrogen-bond donors (Lipinski definition) is 1. The minimum absolute atomic E-state index is 0.0966. The highest BCUT2D eigenvalue weighted by atomic mass is 35.5. The van der Waals surface area contributed by atoms with Crippen molar-refractivity contribution in [1.29, 1.82) is 0 Å². The second kappa shape index (κ2) is 8.64. The van der Waals surface area contributed by atoms with E-state index in [4.69, 9.17) is 16.6 Å². The number of likely N-dealkylation sites (tertiary alicyclic amines) is 1. The Kier molecular flexibility index (Phi) is 5.63. The zero-order valence-corrected chi connectivity index (χ0v) is 20.5. The molecule has 1 aromatic heterocycles. The van der Waals surface area contributed by atoms with Gasteiger partial charge >= 0.3 is 0 Å². The topological polar surface area (TPSA) is 37.9 Å². The zero-order chi connectivity index (χ0) is 22.5. The lowest BCUT2D eigenvalue weighted by Gasteiger charge is -2.42. The molecule has 5 aliphatic rings. The molecule has 0 amide bonds. The van der Waals surface area contributed by atoms with Crippen molar-refractivity contribution in [3.05, 3.63) is 64.5 Å². The molecule has 2 saturated heterocycles. The maximum absolute atomic E-state index is 7.17. The van der Waals surface area contributed by atoms with Crippen LogP contribution in [0.15, 0.2) is 53.2 Å². The normalized spacial score (nSPS) is 31.0. The number of piperidine rings is 1. The van der Waals surface area contributed by atoms with Crippen LogP contribution >= 0.6 is 11.6 Å². The van der Waals surface area contributed by atoms with Gasteiger partial charge in [0.2, 0.25) is 0 Å². The molecule has 1 saturated carbocycles. The summed E-state index contributed by atoms with van der Waals surface area (Å²) in [7, 11) is 2.24. The molecule has 1 aliphatic carbocycles. The summed E-state index contributed by atoms with van der Waals surface area (Å²) in [6, 6.07) is 5.64. The van der Waals surface area contributed by atoms with E-state index in [1.54, 1.807) is 0 Å². The van der Waals surface area contributed by atoms with Gasteiger partial charge in [0.1, 0.15) is 17.1 Å². The molecular formula is C26H35ClN6. The third-order valence-corrected chi connectivity index (χ3v) is 8.53. The van der Waals surface area contributed by atoms with Gasteiger partial charge in [-0.2, -0.15) is 0 Å². The highest BCUT2D eigenvalue weighted by Crippen LogP contribution is 2.41. The van der Waals surface area contributed by atoms with Crippen molar-refractivity contribution in [2.24, 2.45) is 0 Å². The van der Waals surface area contributed by atoms with E-state index in [2.05, 4.69) is 63.2 Å². The number of nitrogens with one attached hydrogen (secondary N) is 1. The first kappa shape index (κ1) is 21.5. The molecule has 3 atom stereocenters. The molecule has 6 nitrogen and oxygen atoms in total. The summed E-state index contributed by atoms with van der Waals surface area (Å²) >= 11 is 7.17. The second-order valence-corrected chi connectivity index (χ2v) is 10.5. The van der Waals surface area contributed by atoms with E-state index >= 15 is 0 Å². The standard InChI is InChI=1S/C26H35ClN6/c1-18-6-5-13-28-24(18)20-7-3-8-21(30(20)2)25-26(27)33-22(29-25)9-4-10-23(33)32-16-14-31(15-17-32)19-11-12-19/h4-6,9-10,13,19-22,29H,3,7-8,11-12,14-17H2,1-2H3. The Balaban J connectivity index is 1.23. The number of fused-ring (bicyclic) bond motifs is 1. The molecule has 6 rings (SSSR count). The molecule has 4 aliphatic heterocycles. The van der Waals surface area contributed by atoms with E-state index in [-0.39, 0.29) is 12.2 Å². The number of piperazine rings is 1. The van der Waals surface area contributed by atoms with Gasteiger partial charge in [0.25, 0.3) is 0 Å². The number of pyridine rings is 1. The highest BCUT2D eigenvalue weighted by Gasteiger charge is 2.42.